The molecule has 0 saturated carbocycles. The first-order valence-corrected chi connectivity index (χ1v) is 5.48. The van der Waals surface area contributed by atoms with Crippen LogP contribution < -0.4 is 5.32 Å². The standard InChI is InChI=1S/C13H15N3O/c1-14-9-12(17)10-3-5-11(6-4-10)13-15-7-8-16(13)2/h3-8,14H,9H2,1-2H3. The molecule has 0 spiro atoms. The highest BCUT2D eigenvalue weighted by atomic mass is 16.1. The molecule has 88 valence electrons. The molecule has 4 heteroatoms. The number of carbonyl (C=O) groups excluding carboxylic acids is 1. The Morgan fingerprint density at radius 2 is 2.06 bits per heavy atom. The molecular formula is C13H15N3O. The molecule has 2 aromatic rings. The van der Waals surface area contributed by atoms with Crippen LogP contribution in [-0.4, -0.2) is 28.9 Å². The third-order valence-electron chi connectivity index (χ3n) is 2.62. The molecule has 0 fully saturated rings. The molecule has 1 aromatic heterocycles. The molecule has 1 N–H and O–H groups in total. The Morgan fingerprint density at radius 3 is 2.59 bits per heavy atom. The fourth-order valence-electron chi connectivity index (χ4n) is 1.71. The van der Waals surface area contributed by atoms with Crippen molar-refractivity contribution in [2.24, 2.45) is 7.05 Å². The van der Waals surface area contributed by atoms with Crippen molar-refractivity contribution in [3.05, 3.63) is 42.2 Å². The summed E-state index contributed by atoms with van der Waals surface area (Å²) in [7, 11) is 3.71. The molecule has 0 radical (unpaired) electrons. The van der Waals surface area contributed by atoms with Crippen LogP contribution in [0.25, 0.3) is 11.4 Å². The number of likely N-dealkylation sites (N-methyl/N-ethyl adjacent to an activating group) is 1. The Bertz CT molecular complexity index is 514. The summed E-state index contributed by atoms with van der Waals surface area (Å²) < 4.78 is 1.95. The van der Waals surface area contributed by atoms with Crippen molar-refractivity contribution in [3.63, 3.8) is 0 Å². The third kappa shape index (κ3) is 2.42. The highest BCUT2D eigenvalue weighted by Gasteiger charge is 2.06. The van der Waals surface area contributed by atoms with Gasteiger partial charge < -0.3 is 9.88 Å². The second-order valence-corrected chi connectivity index (χ2v) is 3.89. The lowest BCUT2D eigenvalue weighted by molar-refractivity contribution is 0.0993. The average Bonchev–Trinajstić information content (AvgIpc) is 2.76. The number of aryl methyl sites for hydroxylation is 1. The van der Waals surface area contributed by atoms with E-state index in [-0.39, 0.29) is 5.78 Å². The van der Waals surface area contributed by atoms with Gasteiger partial charge in [0.1, 0.15) is 5.82 Å². The van der Waals surface area contributed by atoms with E-state index in [4.69, 9.17) is 0 Å². The molecule has 4 nitrogen and oxygen atoms in total. The van der Waals surface area contributed by atoms with Gasteiger partial charge in [0.05, 0.1) is 6.54 Å². The number of imidazole rings is 1. The van der Waals surface area contributed by atoms with Gasteiger partial charge in [0.25, 0.3) is 0 Å². The summed E-state index contributed by atoms with van der Waals surface area (Å²) in [5.74, 6) is 0.997. The molecule has 0 aliphatic carbocycles. The fourth-order valence-corrected chi connectivity index (χ4v) is 1.71. The second kappa shape index (κ2) is 4.93. The summed E-state index contributed by atoms with van der Waals surface area (Å²) in [6.45, 7) is 0.363. The quantitative estimate of drug-likeness (QED) is 0.808. The molecule has 0 atom stereocenters. The summed E-state index contributed by atoms with van der Waals surface area (Å²) in [5.41, 5.74) is 1.73. The van der Waals surface area contributed by atoms with Crippen LogP contribution in [0.3, 0.4) is 0 Å². The lowest BCUT2D eigenvalue weighted by Gasteiger charge is -2.04. The van der Waals surface area contributed by atoms with Gasteiger partial charge in [0.15, 0.2) is 5.78 Å². The van der Waals surface area contributed by atoms with Crippen LogP contribution in [0.1, 0.15) is 10.4 Å². The highest BCUT2D eigenvalue weighted by Crippen LogP contribution is 2.17. The second-order valence-electron chi connectivity index (χ2n) is 3.89. The summed E-state index contributed by atoms with van der Waals surface area (Å²) >= 11 is 0. The molecular weight excluding hydrogens is 214 g/mol. The van der Waals surface area contributed by atoms with E-state index in [2.05, 4.69) is 10.3 Å². The lowest BCUT2D eigenvalue weighted by atomic mass is 10.1. The predicted octanol–water partition coefficient (Wildman–Crippen LogP) is 1.49. The van der Waals surface area contributed by atoms with Crippen molar-refractivity contribution < 1.29 is 4.79 Å². The van der Waals surface area contributed by atoms with Gasteiger partial charge in [-0.05, 0) is 7.05 Å². The van der Waals surface area contributed by atoms with Gasteiger partial charge in [-0.2, -0.15) is 0 Å². The third-order valence-corrected chi connectivity index (χ3v) is 2.62. The molecule has 1 heterocycles. The number of nitrogens with one attached hydrogen (secondary N) is 1. The van der Waals surface area contributed by atoms with E-state index in [1.165, 1.54) is 0 Å². The van der Waals surface area contributed by atoms with Crippen molar-refractivity contribution in [2.75, 3.05) is 13.6 Å². The zero-order valence-corrected chi connectivity index (χ0v) is 9.97. The largest absolute Gasteiger partial charge is 0.334 e. The first kappa shape index (κ1) is 11.5. The number of aromatic nitrogens is 2. The van der Waals surface area contributed by atoms with Crippen LogP contribution in [0.15, 0.2) is 36.7 Å². The number of benzene rings is 1. The molecule has 0 amide bonds. The van der Waals surface area contributed by atoms with Gasteiger partial charge in [0, 0.05) is 30.6 Å². The van der Waals surface area contributed by atoms with Crippen LogP contribution in [0.5, 0.6) is 0 Å². The molecule has 17 heavy (non-hydrogen) atoms. The SMILES string of the molecule is CNCC(=O)c1ccc(-c2nccn2C)cc1. The van der Waals surface area contributed by atoms with Crippen molar-refractivity contribution in [2.45, 2.75) is 0 Å². The monoisotopic (exact) mass is 229 g/mol. The molecule has 0 saturated heterocycles. The first-order valence-electron chi connectivity index (χ1n) is 5.48. The number of hydrogen-bond acceptors (Lipinski definition) is 3. The minimum Gasteiger partial charge on any atom is -0.334 e. The number of Topliss-reactive ketones (excluding diaryl/α,β-unsaturated/α-hetero) is 1. The summed E-state index contributed by atoms with van der Waals surface area (Å²) in [6, 6.07) is 7.52. The lowest BCUT2D eigenvalue weighted by Crippen LogP contribution is -2.18. The van der Waals surface area contributed by atoms with Gasteiger partial charge in [-0.1, -0.05) is 24.3 Å². The molecule has 0 unspecified atom stereocenters. The Kier molecular flexibility index (Phi) is 3.35. The summed E-state index contributed by atoms with van der Waals surface area (Å²) in [4.78, 5) is 15.9. The van der Waals surface area contributed by atoms with Gasteiger partial charge in [-0.3, -0.25) is 4.79 Å². The van der Waals surface area contributed by atoms with E-state index >= 15 is 0 Å². The minimum absolute atomic E-state index is 0.0962. The van der Waals surface area contributed by atoms with Crippen LogP contribution in [-0.2, 0) is 7.05 Å². The Hall–Kier alpha value is -1.94. The Labute approximate surface area is 100 Å². The van der Waals surface area contributed by atoms with Gasteiger partial charge >= 0.3 is 0 Å². The number of hydrogen-bond donors (Lipinski definition) is 1. The molecule has 0 aliphatic rings. The number of nitrogens with zero attached hydrogens (tertiary/aromatic N) is 2. The van der Waals surface area contributed by atoms with E-state index in [9.17, 15) is 4.79 Å². The highest BCUT2D eigenvalue weighted by molar-refractivity contribution is 5.97. The summed E-state index contributed by atoms with van der Waals surface area (Å²) in [5, 5.41) is 2.85. The number of ketones is 1. The average molecular weight is 229 g/mol. The fraction of sp³-hybridized carbons (Fsp3) is 0.231. The van der Waals surface area contributed by atoms with Crippen LogP contribution in [0, 0.1) is 0 Å². The number of carbonyl (C=O) groups is 1. The maximum Gasteiger partial charge on any atom is 0.176 e. The zero-order valence-electron chi connectivity index (χ0n) is 9.97. The van der Waals surface area contributed by atoms with Crippen molar-refractivity contribution in [1.82, 2.24) is 14.9 Å². The maximum atomic E-state index is 11.6. The van der Waals surface area contributed by atoms with Crippen molar-refractivity contribution >= 4 is 5.78 Å². The molecule has 1 aromatic carbocycles. The minimum atomic E-state index is 0.0962. The van der Waals surface area contributed by atoms with Crippen molar-refractivity contribution in [3.8, 4) is 11.4 Å². The first-order chi connectivity index (χ1) is 8.22. The maximum absolute atomic E-state index is 11.6. The molecule has 2 rings (SSSR count). The Morgan fingerprint density at radius 1 is 1.35 bits per heavy atom. The van der Waals surface area contributed by atoms with Crippen molar-refractivity contribution in [1.29, 1.82) is 0 Å². The molecule has 0 bridgehead atoms. The zero-order chi connectivity index (χ0) is 12.3. The topological polar surface area (TPSA) is 46.9 Å². The van der Waals surface area contributed by atoms with E-state index in [0.717, 1.165) is 17.0 Å². The van der Waals surface area contributed by atoms with Crippen LogP contribution in [0.4, 0.5) is 0 Å². The van der Waals surface area contributed by atoms with Gasteiger partial charge in [-0.25, -0.2) is 4.98 Å². The van der Waals surface area contributed by atoms with E-state index in [0.29, 0.717) is 6.54 Å². The van der Waals surface area contributed by atoms with E-state index < -0.39 is 0 Å². The van der Waals surface area contributed by atoms with E-state index in [1.54, 1.807) is 13.2 Å². The number of rotatable bonds is 4. The smallest absolute Gasteiger partial charge is 0.176 e. The summed E-state index contributed by atoms with van der Waals surface area (Å²) in [6.07, 6.45) is 3.66. The van der Waals surface area contributed by atoms with Crippen LogP contribution in [0.2, 0.25) is 0 Å². The van der Waals surface area contributed by atoms with Gasteiger partial charge in [0.2, 0.25) is 0 Å². The van der Waals surface area contributed by atoms with Gasteiger partial charge in [-0.15, -0.1) is 0 Å². The normalized spacial score (nSPS) is 10.5. The predicted molar refractivity (Wildman–Crippen MR) is 66.9 cm³/mol. The van der Waals surface area contributed by atoms with Crippen LogP contribution >= 0.6 is 0 Å². The Balaban J connectivity index is 2.25. The van der Waals surface area contributed by atoms with E-state index in [1.807, 2.05) is 42.1 Å². The molecule has 0 aliphatic heterocycles.